The van der Waals surface area contributed by atoms with Crippen molar-refractivity contribution in [2.45, 2.75) is 155 Å². The summed E-state index contributed by atoms with van der Waals surface area (Å²) in [7, 11) is 0. The van der Waals surface area contributed by atoms with Crippen LogP contribution in [0.15, 0.2) is 24.3 Å². The van der Waals surface area contributed by atoms with Gasteiger partial charge in [0.2, 0.25) is 0 Å². The first kappa shape index (κ1) is 30.9. The van der Waals surface area contributed by atoms with Gasteiger partial charge in [-0.3, -0.25) is 4.79 Å². The molecule has 0 unspecified atom stereocenters. The Labute approximate surface area is 201 Å². The summed E-state index contributed by atoms with van der Waals surface area (Å²) in [6, 6.07) is 0. The van der Waals surface area contributed by atoms with Crippen molar-refractivity contribution in [1.29, 1.82) is 0 Å². The Bertz CT molecular complexity index is 387. The number of carbonyl (C=O) groups is 1. The number of carbonyl (C=O) groups excluding carboxylic acids is 1. The highest BCUT2D eigenvalue weighted by atomic mass is 16.5. The van der Waals surface area contributed by atoms with Crippen molar-refractivity contribution < 1.29 is 9.53 Å². The van der Waals surface area contributed by atoms with E-state index in [1.807, 2.05) is 0 Å². The molecule has 0 saturated heterocycles. The van der Waals surface area contributed by atoms with Crippen LogP contribution in [0.1, 0.15) is 155 Å². The summed E-state index contributed by atoms with van der Waals surface area (Å²) in [6.07, 6.45) is 36.4. The van der Waals surface area contributed by atoms with Gasteiger partial charge in [0, 0.05) is 6.42 Å². The quantitative estimate of drug-likeness (QED) is 0.0788. The fourth-order valence-corrected chi connectivity index (χ4v) is 3.86. The zero-order chi connectivity index (χ0) is 23.4. The molecule has 32 heavy (non-hydrogen) atoms. The van der Waals surface area contributed by atoms with Gasteiger partial charge in [-0.15, -0.1) is 0 Å². The van der Waals surface area contributed by atoms with Crippen molar-refractivity contribution in [3.8, 4) is 0 Å². The molecule has 0 radical (unpaired) electrons. The lowest BCUT2D eigenvalue weighted by Crippen LogP contribution is -2.05. The van der Waals surface area contributed by atoms with Crippen LogP contribution in [0.3, 0.4) is 0 Å². The molecule has 0 amide bonds. The zero-order valence-corrected chi connectivity index (χ0v) is 21.9. The Morgan fingerprint density at radius 3 is 1.34 bits per heavy atom. The topological polar surface area (TPSA) is 26.3 Å². The number of ether oxygens (including phenoxy) is 1. The summed E-state index contributed by atoms with van der Waals surface area (Å²) in [5.74, 6) is 0.00900. The molecule has 188 valence electrons. The molecular weight excluding hydrogens is 392 g/mol. The van der Waals surface area contributed by atoms with E-state index in [0.717, 1.165) is 12.8 Å². The van der Waals surface area contributed by atoms with Crippen LogP contribution in [0.5, 0.6) is 0 Å². The van der Waals surface area contributed by atoms with Crippen molar-refractivity contribution in [3.05, 3.63) is 24.3 Å². The number of allylic oxidation sites excluding steroid dienone is 4. The highest BCUT2D eigenvalue weighted by Crippen LogP contribution is 2.11. The van der Waals surface area contributed by atoms with Crippen molar-refractivity contribution in [1.82, 2.24) is 0 Å². The molecule has 0 N–H and O–H groups in total. The Kier molecular flexibility index (Phi) is 27.1. The molecule has 2 nitrogen and oxygen atoms in total. The highest BCUT2D eigenvalue weighted by molar-refractivity contribution is 5.69. The summed E-state index contributed by atoms with van der Waals surface area (Å²) in [4.78, 5) is 11.8. The predicted molar refractivity (Wildman–Crippen MR) is 142 cm³/mol. The lowest BCUT2D eigenvalue weighted by Gasteiger charge is -2.05. The zero-order valence-electron chi connectivity index (χ0n) is 21.9. The van der Waals surface area contributed by atoms with Gasteiger partial charge in [-0.1, -0.05) is 122 Å². The van der Waals surface area contributed by atoms with E-state index in [4.69, 9.17) is 4.74 Å². The lowest BCUT2D eigenvalue weighted by molar-refractivity contribution is -0.143. The molecule has 0 spiro atoms. The van der Waals surface area contributed by atoms with Crippen LogP contribution in [0.25, 0.3) is 0 Å². The van der Waals surface area contributed by atoms with Crippen molar-refractivity contribution in [3.63, 3.8) is 0 Å². The van der Waals surface area contributed by atoms with Gasteiger partial charge < -0.3 is 4.74 Å². The molecular formula is C30H56O2. The van der Waals surface area contributed by atoms with E-state index in [-0.39, 0.29) is 5.97 Å². The third kappa shape index (κ3) is 27.0. The average molecular weight is 449 g/mol. The third-order valence-corrected chi connectivity index (χ3v) is 6.06. The van der Waals surface area contributed by atoms with Crippen LogP contribution in [-0.2, 0) is 9.53 Å². The number of unbranched alkanes of at least 4 members (excludes halogenated alkanes) is 17. The van der Waals surface area contributed by atoms with Crippen LogP contribution in [-0.4, -0.2) is 12.6 Å². The van der Waals surface area contributed by atoms with E-state index in [1.54, 1.807) is 0 Å². The van der Waals surface area contributed by atoms with Gasteiger partial charge in [0.15, 0.2) is 0 Å². The molecule has 0 aliphatic heterocycles. The van der Waals surface area contributed by atoms with Gasteiger partial charge in [-0.25, -0.2) is 0 Å². The molecule has 0 aromatic rings. The molecule has 0 bridgehead atoms. The minimum atomic E-state index is 0.00900. The number of esters is 1. The summed E-state index contributed by atoms with van der Waals surface area (Å²) in [5.41, 5.74) is 0. The maximum absolute atomic E-state index is 11.8. The SMILES string of the molecule is CCCC/C=C\CCCCCCCCCC(=O)OCCCCCCCC/C=C\CCCC. The second-order valence-electron chi connectivity index (χ2n) is 9.37. The second-order valence-corrected chi connectivity index (χ2v) is 9.37. The largest absolute Gasteiger partial charge is 0.466 e. The molecule has 0 aliphatic carbocycles. The molecule has 0 aromatic carbocycles. The van der Waals surface area contributed by atoms with Gasteiger partial charge in [-0.05, 0) is 51.4 Å². The molecule has 0 aromatic heterocycles. The van der Waals surface area contributed by atoms with E-state index in [1.165, 1.54) is 122 Å². The van der Waals surface area contributed by atoms with E-state index in [2.05, 4.69) is 38.2 Å². The number of hydrogen-bond donors (Lipinski definition) is 0. The third-order valence-electron chi connectivity index (χ3n) is 6.06. The van der Waals surface area contributed by atoms with Gasteiger partial charge >= 0.3 is 5.97 Å². The van der Waals surface area contributed by atoms with Gasteiger partial charge in [-0.2, -0.15) is 0 Å². The smallest absolute Gasteiger partial charge is 0.305 e. The van der Waals surface area contributed by atoms with Gasteiger partial charge in [0.25, 0.3) is 0 Å². The van der Waals surface area contributed by atoms with E-state index < -0.39 is 0 Å². The minimum absolute atomic E-state index is 0.00900. The first-order valence-electron chi connectivity index (χ1n) is 14.3. The van der Waals surface area contributed by atoms with E-state index >= 15 is 0 Å². The lowest BCUT2D eigenvalue weighted by atomic mass is 10.1. The van der Waals surface area contributed by atoms with Crippen LogP contribution in [0, 0.1) is 0 Å². The van der Waals surface area contributed by atoms with Crippen molar-refractivity contribution in [2.75, 3.05) is 6.61 Å². The molecule has 2 heteroatoms. The predicted octanol–water partition coefficient (Wildman–Crippen LogP) is 10.3. The molecule has 0 aliphatic rings. The van der Waals surface area contributed by atoms with E-state index in [9.17, 15) is 4.79 Å². The Hall–Kier alpha value is -1.05. The van der Waals surface area contributed by atoms with Crippen LogP contribution in [0.4, 0.5) is 0 Å². The summed E-state index contributed by atoms with van der Waals surface area (Å²) < 4.78 is 5.39. The first-order chi connectivity index (χ1) is 15.8. The van der Waals surface area contributed by atoms with E-state index in [0.29, 0.717) is 13.0 Å². The Morgan fingerprint density at radius 1 is 0.500 bits per heavy atom. The van der Waals surface area contributed by atoms with Crippen molar-refractivity contribution >= 4 is 5.97 Å². The molecule has 0 fully saturated rings. The fraction of sp³-hybridized carbons (Fsp3) is 0.833. The maximum atomic E-state index is 11.8. The molecule has 0 rings (SSSR count). The minimum Gasteiger partial charge on any atom is -0.466 e. The maximum Gasteiger partial charge on any atom is 0.305 e. The Morgan fingerprint density at radius 2 is 0.875 bits per heavy atom. The number of hydrogen-bond acceptors (Lipinski definition) is 2. The van der Waals surface area contributed by atoms with Gasteiger partial charge in [0.1, 0.15) is 0 Å². The molecule has 0 atom stereocenters. The average Bonchev–Trinajstić information content (AvgIpc) is 2.80. The molecule has 0 saturated carbocycles. The van der Waals surface area contributed by atoms with Crippen molar-refractivity contribution in [2.24, 2.45) is 0 Å². The fourth-order valence-electron chi connectivity index (χ4n) is 3.86. The Balaban J connectivity index is 3.21. The number of rotatable bonds is 25. The monoisotopic (exact) mass is 448 g/mol. The summed E-state index contributed by atoms with van der Waals surface area (Å²) >= 11 is 0. The second kappa shape index (κ2) is 28.0. The first-order valence-corrected chi connectivity index (χ1v) is 14.3. The summed E-state index contributed by atoms with van der Waals surface area (Å²) in [6.45, 7) is 5.11. The normalized spacial score (nSPS) is 11.7. The summed E-state index contributed by atoms with van der Waals surface area (Å²) in [5, 5.41) is 0. The van der Waals surface area contributed by atoms with Crippen LogP contribution < -0.4 is 0 Å². The van der Waals surface area contributed by atoms with Gasteiger partial charge in [0.05, 0.1) is 6.61 Å². The molecule has 0 heterocycles. The van der Waals surface area contributed by atoms with Crippen LogP contribution in [0.2, 0.25) is 0 Å². The van der Waals surface area contributed by atoms with Crippen LogP contribution >= 0.6 is 0 Å². The standard InChI is InChI=1S/C30H56O2/c1-3-5-7-9-11-13-15-17-18-20-22-24-26-28-30(31)32-29-27-25-23-21-19-16-14-12-10-8-6-4-2/h9-12H,3-8,13-29H2,1-2H3/b11-9-,12-10-. The highest BCUT2D eigenvalue weighted by Gasteiger charge is 2.02.